The number of hydrogen-bond acceptors (Lipinski definition) is 4. The predicted octanol–water partition coefficient (Wildman–Crippen LogP) is 0.927. The number of nitrogens with zero attached hydrogens (tertiary/aromatic N) is 1. The molecule has 0 aromatic carbocycles. The zero-order valence-electron chi connectivity index (χ0n) is 11.2. The lowest BCUT2D eigenvalue weighted by Crippen LogP contribution is -2.47. The van der Waals surface area contributed by atoms with Crippen molar-refractivity contribution in [2.45, 2.75) is 38.6 Å². The summed E-state index contributed by atoms with van der Waals surface area (Å²) < 4.78 is 5.25. The van der Waals surface area contributed by atoms with E-state index in [9.17, 15) is 4.79 Å². The third-order valence-electron chi connectivity index (χ3n) is 3.04. The van der Waals surface area contributed by atoms with Crippen LogP contribution in [0, 0.1) is 0 Å². The Morgan fingerprint density at radius 2 is 2.06 bits per heavy atom. The van der Waals surface area contributed by atoms with Crippen LogP contribution in [0.1, 0.15) is 33.1 Å². The Bertz CT molecular complexity index is 224. The normalized spacial score (nSPS) is 14.9. The highest BCUT2D eigenvalue weighted by molar-refractivity contribution is 5.78. The third kappa shape index (κ3) is 6.61. The van der Waals surface area contributed by atoms with Crippen LogP contribution in [0.2, 0.25) is 0 Å². The van der Waals surface area contributed by atoms with Crippen molar-refractivity contribution in [2.24, 2.45) is 5.73 Å². The molecular weight excluding hydrogens is 220 g/mol. The molecule has 0 fully saturated rings. The van der Waals surface area contributed by atoms with Crippen LogP contribution in [-0.2, 0) is 9.53 Å². The van der Waals surface area contributed by atoms with Crippen LogP contribution in [0.4, 0.5) is 0 Å². The van der Waals surface area contributed by atoms with Gasteiger partial charge < -0.3 is 20.5 Å². The predicted molar refractivity (Wildman–Crippen MR) is 68.1 cm³/mol. The summed E-state index contributed by atoms with van der Waals surface area (Å²) in [5.74, 6) is -0.906. The maximum Gasteiger partial charge on any atom is 0.323 e. The van der Waals surface area contributed by atoms with Crippen LogP contribution in [0.3, 0.4) is 0 Å². The Labute approximate surface area is 104 Å². The second-order valence-electron chi connectivity index (χ2n) is 4.42. The Hall–Kier alpha value is -0.650. The zero-order chi connectivity index (χ0) is 13.3. The highest BCUT2D eigenvalue weighted by Crippen LogP contribution is 2.14. The molecule has 1 unspecified atom stereocenters. The van der Waals surface area contributed by atoms with E-state index in [0.717, 1.165) is 26.1 Å². The van der Waals surface area contributed by atoms with Crippen molar-refractivity contribution in [2.75, 3.05) is 33.4 Å². The lowest BCUT2D eigenvalue weighted by molar-refractivity contribution is -0.143. The standard InChI is InChI=1S/C12H26N2O3/c1-4-12(13,11(15)16)7-6-8-14(3)9-10-17-5-2/h4-10,13H2,1-3H3,(H,15,16). The van der Waals surface area contributed by atoms with Gasteiger partial charge in [0, 0.05) is 13.2 Å². The molecule has 0 aromatic heterocycles. The van der Waals surface area contributed by atoms with Crippen molar-refractivity contribution in [3.05, 3.63) is 0 Å². The SMILES string of the molecule is CCOCCN(C)CCCC(N)(CC)C(=O)O. The van der Waals surface area contributed by atoms with Crippen molar-refractivity contribution in [3.8, 4) is 0 Å². The van der Waals surface area contributed by atoms with Crippen molar-refractivity contribution in [3.63, 3.8) is 0 Å². The monoisotopic (exact) mass is 246 g/mol. The second kappa shape index (κ2) is 8.44. The summed E-state index contributed by atoms with van der Waals surface area (Å²) in [5.41, 5.74) is 4.74. The van der Waals surface area contributed by atoms with Crippen LogP contribution >= 0.6 is 0 Å². The van der Waals surface area contributed by atoms with E-state index in [2.05, 4.69) is 4.90 Å². The van der Waals surface area contributed by atoms with Gasteiger partial charge in [0.05, 0.1) is 6.61 Å². The molecule has 0 heterocycles. The molecule has 0 saturated heterocycles. The van der Waals surface area contributed by atoms with E-state index in [1.54, 1.807) is 0 Å². The number of carboxylic acid groups (broad SMARTS) is 1. The molecule has 0 saturated carbocycles. The van der Waals surface area contributed by atoms with Gasteiger partial charge in [-0.1, -0.05) is 6.92 Å². The van der Waals surface area contributed by atoms with Gasteiger partial charge in [-0.15, -0.1) is 0 Å². The minimum absolute atomic E-state index is 0.463. The molecule has 0 spiro atoms. The number of rotatable bonds is 10. The summed E-state index contributed by atoms with van der Waals surface area (Å²) in [5, 5.41) is 9.01. The van der Waals surface area contributed by atoms with Crippen LogP contribution in [0.5, 0.6) is 0 Å². The Kier molecular flexibility index (Phi) is 8.12. The van der Waals surface area contributed by atoms with Gasteiger partial charge in [-0.25, -0.2) is 0 Å². The fraction of sp³-hybridized carbons (Fsp3) is 0.917. The van der Waals surface area contributed by atoms with Crippen molar-refractivity contribution in [1.29, 1.82) is 0 Å². The summed E-state index contributed by atoms with van der Waals surface area (Å²) in [7, 11) is 2.00. The Morgan fingerprint density at radius 3 is 2.53 bits per heavy atom. The molecule has 0 aliphatic carbocycles. The maximum atomic E-state index is 11.0. The first kappa shape index (κ1) is 16.4. The number of likely N-dealkylation sites (N-methyl/N-ethyl adjacent to an activating group) is 1. The molecule has 1 atom stereocenters. The molecule has 5 nitrogen and oxygen atoms in total. The second-order valence-corrected chi connectivity index (χ2v) is 4.42. The highest BCUT2D eigenvalue weighted by atomic mass is 16.5. The van der Waals surface area contributed by atoms with Gasteiger partial charge in [0.2, 0.25) is 0 Å². The minimum Gasteiger partial charge on any atom is -0.480 e. The molecule has 5 heteroatoms. The lowest BCUT2D eigenvalue weighted by atomic mass is 9.92. The molecule has 0 amide bonds. The first-order valence-electron chi connectivity index (χ1n) is 6.24. The first-order chi connectivity index (χ1) is 7.96. The summed E-state index contributed by atoms with van der Waals surface area (Å²) >= 11 is 0. The van der Waals surface area contributed by atoms with Gasteiger partial charge in [-0.2, -0.15) is 0 Å². The number of carboxylic acids is 1. The van der Waals surface area contributed by atoms with E-state index in [4.69, 9.17) is 15.6 Å². The van der Waals surface area contributed by atoms with Gasteiger partial charge in [-0.05, 0) is 39.8 Å². The largest absolute Gasteiger partial charge is 0.480 e. The van der Waals surface area contributed by atoms with Crippen molar-refractivity contribution < 1.29 is 14.6 Å². The maximum absolute atomic E-state index is 11.0. The average molecular weight is 246 g/mol. The molecule has 102 valence electrons. The molecule has 0 bridgehead atoms. The van der Waals surface area contributed by atoms with Gasteiger partial charge in [-0.3, -0.25) is 4.79 Å². The van der Waals surface area contributed by atoms with Gasteiger partial charge >= 0.3 is 5.97 Å². The van der Waals surface area contributed by atoms with Crippen molar-refractivity contribution in [1.82, 2.24) is 4.90 Å². The summed E-state index contributed by atoms with van der Waals surface area (Å²) in [6, 6.07) is 0. The summed E-state index contributed by atoms with van der Waals surface area (Å²) in [6.45, 7) is 6.94. The fourth-order valence-electron chi connectivity index (χ4n) is 1.58. The summed E-state index contributed by atoms with van der Waals surface area (Å²) in [6.07, 6.45) is 1.77. The molecule has 0 aliphatic heterocycles. The van der Waals surface area contributed by atoms with E-state index in [1.807, 2.05) is 20.9 Å². The molecule has 0 aliphatic rings. The third-order valence-corrected chi connectivity index (χ3v) is 3.04. The smallest absolute Gasteiger partial charge is 0.323 e. The van der Waals surface area contributed by atoms with Crippen LogP contribution in [0.25, 0.3) is 0 Å². The molecule has 3 N–H and O–H groups in total. The van der Waals surface area contributed by atoms with Crippen LogP contribution in [0.15, 0.2) is 0 Å². The topological polar surface area (TPSA) is 75.8 Å². The van der Waals surface area contributed by atoms with E-state index in [1.165, 1.54) is 0 Å². The van der Waals surface area contributed by atoms with E-state index in [0.29, 0.717) is 19.4 Å². The Morgan fingerprint density at radius 1 is 1.41 bits per heavy atom. The van der Waals surface area contributed by atoms with E-state index in [-0.39, 0.29) is 0 Å². The molecule has 0 aromatic rings. The number of aliphatic carboxylic acids is 1. The molecule has 17 heavy (non-hydrogen) atoms. The van der Waals surface area contributed by atoms with Crippen LogP contribution in [-0.4, -0.2) is 54.9 Å². The van der Waals surface area contributed by atoms with Crippen LogP contribution < -0.4 is 5.73 Å². The molecule has 0 rings (SSSR count). The highest BCUT2D eigenvalue weighted by Gasteiger charge is 2.30. The average Bonchev–Trinajstić information content (AvgIpc) is 2.29. The number of ether oxygens (including phenoxy) is 1. The fourth-order valence-corrected chi connectivity index (χ4v) is 1.58. The zero-order valence-corrected chi connectivity index (χ0v) is 11.2. The summed E-state index contributed by atoms with van der Waals surface area (Å²) in [4.78, 5) is 13.1. The number of hydrogen-bond donors (Lipinski definition) is 2. The molecule has 0 radical (unpaired) electrons. The van der Waals surface area contributed by atoms with Gasteiger partial charge in [0.1, 0.15) is 5.54 Å². The minimum atomic E-state index is -1.07. The van der Waals surface area contributed by atoms with Crippen molar-refractivity contribution >= 4 is 5.97 Å². The Balaban J connectivity index is 3.77. The first-order valence-corrected chi connectivity index (χ1v) is 6.24. The van der Waals surface area contributed by atoms with E-state index >= 15 is 0 Å². The lowest BCUT2D eigenvalue weighted by Gasteiger charge is -2.24. The quantitative estimate of drug-likeness (QED) is 0.561. The number of carbonyl (C=O) groups is 1. The number of nitrogens with two attached hydrogens (primary N) is 1. The van der Waals surface area contributed by atoms with Gasteiger partial charge in [0.15, 0.2) is 0 Å². The molecular formula is C12H26N2O3. The van der Waals surface area contributed by atoms with E-state index < -0.39 is 11.5 Å². The van der Waals surface area contributed by atoms with Gasteiger partial charge in [0.25, 0.3) is 0 Å².